The van der Waals surface area contributed by atoms with E-state index in [4.69, 9.17) is 11.0 Å². The topological polar surface area (TPSA) is 96.0 Å². The minimum absolute atomic E-state index is 0.392. The molecule has 0 spiro atoms. The zero-order valence-corrected chi connectivity index (χ0v) is 10.5. The highest BCUT2D eigenvalue weighted by Crippen LogP contribution is 2.16. The Bertz CT molecular complexity index is 517. The first kappa shape index (κ1) is 13.5. The van der Waals surface area contributed by atoms with Crippen LogP contribution in [0.1, 0.15) is 25.5 Å². The van der Waals surface area contributed by atoms with Crippen LogP contribution in [0.25, 0.3) is 0 Å². The molecule has 0 radical (unpaired) electrons. The quantitative estimate of drug-likeness (QED) is 0.787. The second kappa shape index (κ2) is 5.17. The van der Waals surface area contributed by atoms with E-state index in [0.29, 0.717) is 5.69 Å². The highest BCUT2D eigenvalue weighted by atomic mass is 32.2. The van der Waals surface area contributed by atoms with Gasteiger partial charge in [0, 0.05) is 11.7 Å². The average Bonchev–Trinajstić information content (AvgIpc) is 2.28. The molecule has 3 N–H and O–H groups in total. The van der Waals surface area contributed by atoms with E-state index in [0.717, 1.165) is 5.56 Å². The van der Waals surface area contributed by atoms with Crippen molar-refractivity contribution in [1.29, 1.82) is 5.26 Å². The number of sulfonamides is 1. The number of benzene rings is 1. The van der Waals surface area contributed by atoms with Gasteiger partial charge in [-0.15, -0.1) is 0 Å². The summed E-state index contributed by atoms with van der Waals surface area (Å²) in [7, 11) is -3.61. The minimum Gasteiger partial charge on any atom is -0.399 e. The van der Waals surface area contributed by atoms with Crippen molar-refractivity contribution in [1.82, 2.24) is 4.72 Å². The summed E-state index contributed by atoms with van der Waals surface area (Å²) in [4.78, 5) is 0. The summed E-state index contributed by atoms with van der Waals surface area (Å²) in [5.74, 6) is 0. The Morgan fingerprint density at radius 1 is 1.29 bits per heavy atom. The van der Waals surface area contributed by atoms with E-state index in [1.165, 1.54) is 6.92 Å². The second-order valence-electron chi connectivity index (χ2n) is 3.82. The number of anilines is 1. The third kappa shape index (κ3) is 3.44. The Labute approximate surface area is 101 Å². The maximum Gasteiger partial charge on any atom is 0.228 e. The normalized spacial score (nSPS) is 14.9. The lowest BCUT2D eigenvalue weighted by atomic mass is 10.1. The zero-order chi connectivity index (χ0) is 13.1. The Morgan fingerprint density at radius 2 is 1.82 bits per heavy atom. The van der Waals surface area contributed by atoms with Crippen LogP contribution < -0.4 is 10.5 Å². The molecule has 0 aromatic heterocycles. The Balaban J connectivity index is 2.84. The van der Waals surface area contributed by atoms with Crippen molar-refractivity contribution < 1.29 is 8.42 Å². The van der Waals surface area contributed by atoms with Crippen LogP contribution in [0.2, 0.25) is 0 Å². The lowest BCUT2D eigenvalue weighted by Crippen LogP contribution is -2.33. The molecule has 0 fully saturated rings. The van der Waals surface area contributed by atoms with Crippen molar-refractivity contribution in [2.45, 2.75) is 25.1 Å². The molecule has 5 nitrogen and oxygen atoms in total. The maximum absolute atomic E-state index is 11.7. The molecule has 2 unspecified atom stereocenters. The molecule has 0 amide bonds. The number of nitriles is 1. The third-order valence-electron chi connectivity index (χ3n) is 2.42. The summed E-state index contributed by atoms with van der Waals surface area (Å²) in [5.41, 5.74) is 6.96. The molecule has 1 aromatic rings. The molecule has 92 valence electrons. The predicted molar refractivity (Wildman–Crippen MR) is 66.4 cm³/mol. The van der Waals surface area contributed by atoms with Crippen molar-refractivity contribution in [3.8, 4) is 6.07 Å². The van der Waals surface area contributed by atoms with Crippen molar-refractivity contribution in [2.24, 2.45) is 0 Å². The van der Waals surface area contributed by atoms with Gasteiger partial charge in [-0.3, -0.25) is 0 Å². The Hall–Kier alpha value is -1.58. The van der Waals surface area contributed by atoms with Gasteiger partial charge in [-0.2, -0.15) is 5.26 Å². The van der Waals surface area contributed by atoms with Gasteiger partial charge in [-0.25, -0.2) is 13.1 Å². The van der Waals surface area contributed by atoms with E-state index in [2.05, 4.69) is 4.72 Å². The zero-order valence-electron chi connectivity index (χ0n) is 9.71. The van der Waals surface area contributed by atoms with Crippen LogP contribution in [0.5, 0.6) is 0 Å². The molecule has 1 rings (SSSR count). The van der Waals surface area contributed by atoms with Crippen LogP contribution in [-0.4, -0.2) is 13.7 Å². The van der Waals surface area contributed by atoms with Crippen LogP contribution in [0.4, 0.5) is 5.69 Å². The standard InChI is InChI=1S/C11H15N3O2S/c1-8(7-12)17(15,16)14-9(2)10-3-5-11(13)6-4-10/h3-6,8-9,14H,13H2,1-2H3. The molecule has 2 atom stereocenters. The Kier molecular flexibility index (Phi) is 4.10. The van der Waals surface area contributed by atoms with Gasteiger partial charge in [0.05, 0.1) is 6.07 Å². The van der Waals surface area contributed by atoms with Crippen molar-refractivity contribution in [2.75, 3.05) is 5.73 Å². The second-order valence-corrected chi connectivity index (χ2v) is 5.86. The number of nitrogens with two attached hydrogens (primary N) is 1. The minimum atomic E-state index is -3.61. The number of hydrogen-bond acceptors (Lipinski definition) is 4. The smallest absolute Gasteiger partial charge is 0.228 e. The van der Waals surface area contributed by atoms with Gasteiger partial charge in [0.2, 0.25) is 10.0 Å². The van der Waals surface area contributed by atoms with E-state index >= 15 is 0 Å². The first-order chi connectivity index (χ1) is 7.86. The van der Waals surface area contributed by atoms with E-state index in [1.54, 1.807) is 37.3 Å². The molecule has 6 heteroatoms. The highest BCUT2D eigenvalue weighted by Gasteiger charge is 2.22. The number of nitrogens with zero attached hydrogens (tertiary/aromatic N) is 1. The highest BCUT2D eigenvalue weighted by molar-refractivity contribution is 7.90. The van der Waals surface area contributed by atoms with Gasteiger partial charge in [0.25, 0.3) is 0 Å². The fourth-order valence-corrected chi connectivity index (χ4v) is 2.24. The summed E-state index contributed by atoms with van der Waals surface area (Å²) in [6.45, 7) is 3.06. The van der Waals surface area contributed by atoms with Crippen molar-refractivity contribution in [3.05, 3.63) is 29.8 Å². The van der Waals surface area contributed by atoms with E-state index in [-0.39, 0.29) is 0 Å². The van der Waals surface area contributed by atoms with Crippen molar-refractivity contribution in [3.63, 3.8) is 0 Å². The van der Waals surface area contributed by atoms with E-state index in [1.807, 2.05) is 0 Å². The number of nitrogens with one attached hydrogen (secondary N) is 1. The van der Waals surface area contributed by atoms with Gasteiger partial charge in [-0.05, 0) is 31.5 Å². The fourth-order valence-electron chi connectivity index (χ4n) is 1.27. The maximum atomic E-state index is 11.7. The molecular weight excluding hydrogens is 238 g/mol. The molecule has 1 aromatic carbocycles. The lowest BCUT2D eigenvalue weighted by Gasteiger charge is -2.15. The molecule has 0 aliphatic carbocycles. The summed E-state index contributed by atoms with van der Waals surface area (Å²) in [5, 5.41) is 7.53. The van der Waals surface area contributed by atoms with Gasteiger partial charge >= 0.3 is 0 Å². The molecular formula is C11H15N3O2S. The molecule has 17 heavy (non-hydrogen) atoms. The van der Waals surface area contributed by atoms with Gasteiger partial charge in [0.1, 0.15) is 0 Å². The predicted octanol–water partition coefficient (Wildman–Crippen LogP) is 1.16. The van der Waals surface area contributed by atoms with Crippen LogP contribution in [0, 0.1) is 11.3 Å². The van der Waals surface area contributed by atoms with Gasteiger partial charge in [0.15, 0.2) is 5.25 Å². The molecule has 0 aliphatic heterocycles. The van der Waals surface area contributed by atoms with Crippen LogP contribution in [-0.2, 0) is 10.0 Å². The first-order valence-corrected chi connectivity index (χ1v) is 6.67. The van der Waals surface area contributed by atoms with Crippen LogP contribution >= 0.6 is 0 Å². The van der Waals surface area contributed by atoms with Crippen molar-refractivity contribution >= 4 is 15.7 Å². The summed E-state index contributed by atoms with van der Waals surface area (Å²) in [6.07, 6.45) is 0. The lowest BCUT2D eigenvalue weighted by molar-refractivity contribution is 0.562. The number of nitrogen functional groups attached to an aromatic ring is 1. The molecule has 0 aliphatic rings. The summed E-state index contributed by atoms with van der Waals surface area (Å²) < 4.78 is 25.8. The Morgan fingerprint density at radius 3 is 2.29 bits per heavy atom. The number of hydrogen-bond donors (Lipinski definition) is 2. The van der Waals surface area contributed by atoms with Crippen LogP contribution in [0.15, 0.2) is 24.3 Å². The molecule has 0 heterocycles. The summed E-state index contributed by atoms with van der Waals surface area (Å²) in [6, 6.07) is 8.21. The molecule has 0 bridgehead atoms. The molecule has 0 saturated heterocycles. The fraction of sp³-hybridized carbons (Fsp3) is 0.364. The van der Waals surface area contributed by atoms with E-state index < -0.39 is 21.3 Å². The SMILES string of the molecule is CC(NS(=O)(=O)C(C)C#N)c1ccc(N)cc1. The van der Waals surface area contributed by atoms with Gasteiger partial charge < -0.3 is 5.73 Å². The number of rotatable bonds is 4. The third-order valence-corrected chi connectivity index (χ3v) is 4.14. The first-order valence-electron chi connectivity index (χ1n) is 5.13. The monoisotopic (exact) mass is 253 g/mol. The average molecular weight is 253 g/mol. The molecule has 0 saturated carbocycles. The van der Waals surface area contributed by atoms with Crippen LogP contribution in [0.3, 0.4) is 0 Å². The summed E-state index contributed by atoms with van der Waals surface area (Å²) >= 11 is 0. The van der Waals surface area contributed by atoms with E-state index in [9.17, 15) is 8.42 Å². The van der Waals surface area contributed by atoms with Gasteiger partial charge in [-0.1, -0.05) is 12.1 Å². The largest absolute Gasteiger partial charge is 0.399 e.